The number of halogens is 2. The molecule has 0 fully saturated rings. The number of rotatable bonds is 5. The molecule has 0 heterocycles. The van der Waals surface area contributed by atoms with Crippen LogP contribution in [0.3, 0.4) is 0 Å². The lowest BCUT2D eigenvalue weighted by Crippen LogP contribution is -2.14. The molecule has 0 aliphatic heterocycles. The van der Waals surface area contributed by atoms with Crippen LogP contribution in [0.4, 0.5) is 8.78 Å². The highest BCUT2D eigenvalue weighted by atomic mass is 19.3. The van der Waals surface area contributed by atoms with Crippen molar-refractivity contribution >= 4 is 5.97 Å². The largest absolute Gasteiger partial charge is 0.465 e. The van der Waals surface area contributed by atoms with Crippen molar-refractivity contribution in [2.75, 3.05) is 6.61 Å². The highest BCUT2D eigenvalue weighted by Crippen LogP contribution is 2.21. The number of carbonyl (C=O) groups is 1. The Kier molecular flexibility index (Phi) is 5.06. The Labute approximate surface area is 103 Å². The quantitative estimate of drug-likeness (QED) is 0.758. The normalized spacial score (nSPS) is 11.7. The summed E-state index contributed by atoms with van der Waals surface area (Å²) in [6.45, 7) is -1.11. The van der Waals surface area contributed by atoms with Gasteiger partial charge in [0, 0.05) is 0 Å². The molecule has 0 amide bonds. The highest BCUT2D eigenvalue weighted by molar-refractivity contribution is 5.81. The molecular weight excluding hydrogens is 244 g/mol. The van der Waals surface area contributed by atoms with E-state index in [1.54, 1.807) is 13.0 Å². The minimum absolute atomic E-state index is 0.0331. The van der Waals surface area contributed by atoms with Crippen LogP contribution >= 0.6 is 0 Å². The molecule has 6 heteroatoms. The Bertz CT molecular complexity index is 440. The maximum Gasteiger partial charge on any atom is 0.387 e. The van der Waals surface area contributed by atoms with Gasteiger partial charge in [-0.05, 0) is 24.6 Å². The second-order valence-corrected chi connectivity index (χ2v) is 3.26. The lowest BCUT2D eigenvalue weighted by molar-refractivity contribution is -0.143. The van der Waals surface area contributed by atoms with Gasteiger partial charge in [0.05, 0.1) is 12.7 Å². The van der Waals surface area contributed by atoms with Crippen molar-refractivity contribution in [2.24, 2.45) is 0 Å². The Balaban J connectivity index is 2.82. The first-order chi connectivity index (χ1) is 8.58. The van der Waals surface area contributed by atoms with E-state index in [4.69, 9.17) is 10.00 Å². The number of hydrogen-bond donors (Lipinski definition) is 0. The number of alkyl halides is 2. The van der Waals surface area contributed by atoms with Crippen LogP contribution in [0.15, 0.2) is 24.3 Å². The van der Waals surface area contributed by atoms with Gasteiger partial charge in [-0.2, -0.15) is 14.0 Å². The molecule has 0 aliphatic carbocycles. The molecule has 18 heavy (non-hydrogen) atoms. The van der Waals surface area contributed by atoms with Crippen molar-refractivity contribution in [3.05, 3.63) is 29.8 Å². The predicted molar refractivity (Wildman–Crippen MR) is 58.1 cm³/mol. The number of esters is 1. The van der Waals surface area contributed by atoms with E-state index in [9.17, 15) is 13.6 Å². The van der Waals surface area contributed by atoms with Crippen molar-refractivity contribution in [1.82, 2.24) is 0 Å². The molecule has 0 spiro atoms. The average Bonchev–Trinajstić information content (AvgIpc) is 2.32. The minimum atomic E-state index is -2.91. The van der Waals surface area contributed by atoms with E-state index in [0.717, 1.165) is 0 Å². The molecule has 1 aromatic rings. The maximum atomic E-state index is 11.9. The molecule has 0 saturated heterocycles. The lowest BCUT2D eigenvalue weighted by Gasteiger charge is -2.09. The molecule has 0 aromatic heterocycles. The van der Waals surface area contributed by atoms with Crippen molar-refractivity contribution in [1.29, 1.82) is 5.26 Å². The van der Waals surface area contributed by atoms with E-state index < -0.39 is 18.5 Å². The zero-order valence-corrected chi connectivity index (χ0v) is 9.60. The molecule has 0 N–H and O–H groups in total. The Morgan fingerprint density at radius 2 is 2.00 bits per heavy atom. The molecular formula is C12H11F2NO3. The predicted octanol–water partition coefficient (Wildman–Crippen LogP) is 2.46. The van der Waals surface area contributed by atoms with Gasteiger partial charge >= 0.3 is 12.6 Å². The third-order valence-corrected chi connectivity index (χ3v) is 2.09. The standard InChI is InChI=1S/C12H11F2NO3/c1-2-17-11(16)10(7-15)8-3-5-9(6-4-8)18-12(13)14/h3-6,10,12H,2H2,1H3. The van der Waals surface area contributed by atoms with Crippen molar-refractivity contribution in [3.8, 4) is 11.8 Å². The van der Waals surface area contributed by atoms with Gasteiger partial charge in [-0.1, -0.05) is 12.1 Å². The van der Waals surface area contributed by atoms with E-state index in [1.807, 2.05) is 0 Å². The summed E-state index contributed by atoms with van der Waals surface area (Å²) in [5, 5.41) is 8.89. The fraction of sp³-hybridized carbons (Fsp3) is 0.333. The monoisotopic (exact) mass is 255 g/mol. The molecule has 96 valence electrons. The molecule has 0 aliphatic rings. The molecule has 1 unspecified atom stereocenters. The van der Waals surface area contributed by atoms with E-state index >= 15 is 0 Å². The topological polar surface area (TPSA) is 59.3 Å². The van der Waals surface area contributed by atoms with Crippen LogP contribution < -0.4 is 4.74 Å². The lowest BCUT2D eigenvalue weighted by atomic mass is 10.0. The third-order valence-electron chi connectivity index (χ3n) is 2.09. The second-order valence-electron chi connectivity index (χ2n) is 3.26. The first kappa shape index (κ1) is 13.9. The minimum Gasteiger partial charge on any atom is -0.465 e. The van der Waals surface area contributed by atoms with Crippen molar-refractivity contribution < 1.29 is 23.0 Å². The Hall–Kier alpha value is -2.16. The number of hydrogen-bond acceptors (Lipinski definition) is 4. The molecule has 1 rings (SSSR count). The molecule has 1 aromatic carbocycles. The van der Waals surface area contributed by atoms with Gasteiger partial charge in [-0.25, -0.2) is 0 Å². The van der Waals surface area contributed by atoms with Gasteiger partial charge in [-0.15, -0.1) is 0 Å². The third kappa shape index (κ3) is 3.70. The van der Waals surface area contributed by atoms with Crippen LogP contribution in [0.1, 0.15) is 18.4 Å². The summed E-state index contributed by atoms with van der Waals surface area (Å²) in [6, 6.07) is 7.09. The van der Waals surface area contributed by atoms with E-state index in [1.165, 1.54) is 24.3 Å². The van der Waals surface area contributed by atoms with Crippen LogP contribution in [0, 0.1) is 11.3 Å². The van der Waals surface area contributed by atoms with Gasteiger partial charge in [-0.3, -0.25) is 4.79 Å². The summed E-state index contributed by atoms with van der Waals surface area (Å²) in [4.78, 5) is 11.4. The average molecular weight is 255 g/mol. The summed E-state index contributed by atoms with van der Waals surface area (Å²) in [5.74, 6) is -1.76. The van der Waals surface area contributed by atoms with Gasteiger partial charge in [0.1, 0.15) is 5.75 Å². The van der Waals surface area contributed by atoms with E-state index in [0.29, 0.717) is 5.56 Å². The van der Waals surface area contributed by atoms with Crippen LogP contribution in [-0.4, -0.2) is 19.2 Å². The first-order valence-electron chi connectivity index (χ1n) is 5.19. The molecule has 0 radical (unpaired) electrons. The van der Waals surface area contributed by atoms with Gasteiger partial charge < -0.3 is 9.47 Å². The summed E-state index contributed by atoms with van der Waals surface area (Å²) >= 11 is 0. The van der Waals surface area contributed by atoms with E-state index in [2.05, 4.69) is 4.74 Å². The number of carbonyl (C=O) groups excluding carboxylic acids is 1. The Morgan fingerprint density at radius 3 is 2.44 bits per heavy atom. The van der Waals surface area contributed by atoms with Gasteiger partial charge in [0.2, 0.25) is 0 Å². The Morgan fingerprint density at radius 1 is 1.39 bits per heavy atom. The number of nitrogens with zero attached hydrogens (tertiary/aromatic N) is 1. The maximum absolute atomic E-state index is 11.9. The summed E-state index contributed by atoms with van der Waals surface area (Å²) < 4.78 is 32.7. The zero-order chi connectivity index (χ0) is 13.5. The fourth-order valence-corrected chi connectivity index (χ4v) is 1.33. The van der Waals surface area contributed by atoms with Crippen LogP contribution in [0.2, 0.25) is 0 Å². The van der Waals surface area contributed by atoms with Crippen LogP contribution in [0.25, 0.3) is 0 Å². The summed E-state index contributed by atoms with van der Waals surface area (Å²) in [6.07, 6.45) is 0. The second kappa shape index (κ2) is 6.55. The zero-order valence-electron chi connectivity index (χ0n) is 9.60. The molecule has 4 nitrogen and oxygen atoms in total. The smallest absolute Gasteiger partial charge is 0.387 e. The number of ether oxygens (including phenoxy) is 2. The van der Waals surface area contributed by atoms with Crippen LogP contribution in [-0.2, 0) is 9.53 Å². The van der Waals surface area contributed by atoms with Crippen molar-refractivity contribution in [2.45, 2.75) is 19.5 Å². The molecule has 0 saturated carbocycles. The summed E-state index contributed by atoms with van der Waals surface area (Å²) in [7, 11) is 0. The van der Waals surface area contributed by atoms with Crippen molar-refractivity contribution in [3.63, 3.8) is 0 Å². The highest BCUT2D eigenvalue weighted by Gasteiger charge is 2.21. The number of nitriles is 1. The summed E-state index contributed by atoms with van der Waals surface area (Å²) in [5.41, 5.74) is 0.373. The van der Waals surface area contributed by atoms with Crippen LogP contribution in [0.5, 0.6) is 5.75 Å². The first-order valence-corrected chi connectivity index (χ1v) is 5.19. The SMILES string of the molecule is CCOC(=O)C(C#N)c1ccc(OC(F)F)cc1. The van der Waals surface area contributed by atoms with Gasteiger partial charge in [0.15, 0.2) is 5.92 Å². The van der Waals surface area contributed by atoms with E-state index in [-0.39, 0.29) is 12.4 Å². The number of benzene rings is 1. The van der Waals surface area contributed by atoms with Gasteiger partial charge in [0.25, 0.3) is 0 Å². The molecule has 0 bridgehead atoms. The fourth-order valence-electron chi connectivity index (χ4n) is 1.33. The molecule has 1 atom stereocenters.